The summed E-state index contributed by atoms with van der Waals surface area (Å²) < 4.78 is 6.99. The van der Waals surface area contributed by atoms with Gasteiger partial charge in [-0.3, -0.25) is 0 Å². The summed E-state index contributed by atoms with van der Waals surface area (Å²) in [4.78, 5) is 0. The SMILES string of the molecule is C[CH]CCCC(C)C(OC)c1ccccc1I. The highest BCUT2D eigenvalue weighted by atomic mass is 127. The van der Waals surface area contributed by atoms with E-state index in [1.807, 2.05) is 7.11 Å². The lowest BCUT2D eigenvalue weighted by molar-refractivity contribution is 0.0532. The Morgan fingerprint density at radius 1 is 1.35 bits per heavy atom. The molecule has 0 fully saturated rings. The van der Waals surface area contributed by atoms with E-state index in [-0.39, 0.29) is 6.10 Å². The van der Waals surface area contributed by atoms with Gasteiger partial charge < -0.3 is 4.74 Å². The third-order valence-electron chi connectivity index (χ3n) is 3.13. The van der Waals surface area contributed by atoms with Gasteiger partial charge in [-0.05, 0) is 53.0 Å². The number of methoxy groups -OCH3 is 1. The van der Waals surface area contributed by atoms with Crippen molar-refractivity contribution >= 4 is 22.6 Å². The Balaban J connectivity index is 2.67. The van der Waals surface area contributed by atoms with Crippen LogP contribution in [0.4, 0.5) is 0 Å². The zero-order valence-electron chi connectivity index (χ0n) is 10.9. The van der Waals surface area contributed by atoms with Crippen molar-refractivity contribution in [1.82, 2.24) is 0 Å². The molecule has 1 radical (unpaired) electrons. The van der Waals surface area contributed by atoms with Gasteiger partial charge in [0.1, 0.15) is 0 Å². The van der Waals surface area contributed by atoms with Crippen LogP contribution in [0.25, 0.3) is 0 Å². The van der Waals surface area contributed by atoms with E-state index in [0.717, 1.165) is 0 Å². The molecule has 1 aromatic carbocycles. The Hall–Kier alpha value is -0.0900. The van der Waals surface area contributed by atoms with Crippen LogP contribution in [0.3, 0.4) is 0 Å². The van der Waals surface area contributed by atoms with Crippen molar-refractivity contribution in [3.05, 3.63) is 39.8 Å². The van der Waals surface area contributed by atoms with E-state index in [9.17, 15) is 0 Å². The van der Waals surface area contributed by atoms with Gasteiger partial charge in [0.25, 0.3) is 0 Å². The highest BCUT2D eigenvalue weighted by Crippen LogP contribution is 2.31. The predicted molar refractivity (Wildman–Crippen MR) is 81.9 cm³/mol. The second kappa shape index (κ2) is 8.09. The largest absolute Gasteiger partial charge is 0.376 e. The van der Waals surface area contributed by atoms with Gasteiger partial charge in [-0.1, -0.05) is 44.9 Å². The number of unbranched alkanes of at least 4 members (excludes halogenated alkanes) is 2. The molecular formula is C15H22IO. The predicted octanol–water partition coefficient (Wildman–Crippen LogP) is 5.01. The molecule has 1 nitrogen and oxygen atoms in total. The van der Waals surface area contributed by atoms with Crippen molar-refractivity contribution < 1.29 is 4.74 Å². The van der Waals surface area contributed by atoms with Crippen LogP contribution in [0, 0.1) is 15.9 Å². The van der Waals surface area contributed by atoms with Crippen LogP contribution in [0.15, 0.2) is 24.3 Å². The average molecular weight is 345 g/mol. The highest BCUT2D eigenvalue weighted by molar-refractivity contribution is 14.1. The van der Waals surface area contributed by atoms with Crippen LogP contribution in [0.1, 0.15) is 44.8 Å². The molecule has 2 atom stereocenters. The number of benzene rings is 1. The van der Waals surface area contributed by atoms with Gasteiger partial charge in [-0.15, -0.1) is 0 Å². The van der Waals surface area contributed by atoms with Crippen LogP contribution < -0.4 is 0 Å². The summed E-state index contributed by atoms with van der Waals surface area (Å²) >= 11 is 2.39. The van der Waals surface area contributed by atoms with Crippen LogP contribution in [0.2, 0.25) is 0 Å². The van der Waals surface area contributed by atoms with Crippen LogP contribution in [0.5, 0.6) is 0 Å². The highest BCUT2D eigenvalue weighted by Gasteiger charge is 2.20. The van der Waals surface area contributed by atoms with Crippen LogP contribution >= 0.6 is 22.6 Å². The van der Waals surface area contributed by atoms with E-state index in [1.165, 1.54) is 28.4 Å². The van der Waals surface area contributed by atoms with Gasteiger partial charge in [0.05, 0.1) is 6.10 Å². The molecule has 0 spiro atoms. The van der Waals surface area contributed by atoms with E-state index in [0.29, 0.717) is 5.92 Å². The minimum atomic E-state index is 0.222. The Labute approximate surface area is 119 Å². The Bertz CT molecular complexity index is 324. The molecule has 2 unspecified atom stereocenters. The maximum absolute atomic E-state index is 5.69. The van der Waals surface area contributed by atoms with Gasteiger partial charge in [-0.2, -0.15) is 0 Å². The maximum atomic E-state index is 5.69. The van der Waals surface area contributed by atoms with Crippen molar-refractivity contribution in [2.45, 2.75) is 39.2 Å². The Morgan fingerprint density at radius 2 is 2.06 bits per heavy atom. The second-order valence-electron chi connectivity index (χ2n) is 4.49. The van der Waals surface area contributed by atoms with Crippen molar-refractivity contribution in [1.29, 1.82) is 0 Å². The second-order valence-corrected chi connectivity index (χ2v) is 5.66. The number of rotatable bonds is 7. The zero-order chi connectivity index (χ0) is 12.7. The Morgan fingerprint density at radius 3 is 2.65 bits per heavy atom. The molecule has 0 saturated carbocycles. The van der Waals surface area contributed by atoms with E-state index in [1.54, 1.807) is 0 Å². The van der Waals surface area contributed by atoms with Crippen molar-refractivity contribution in [2.75, 3.05) is 7.11 Å². The molecule has 0 amide bonds. The molecule has 0 aromatic heterocycles. The third-order valence-corrected chi connectivity index (χ3v) is 4.12. The van der Waals surface area contributed by atoms with E-state index < -0.39 is 0 Å². The average Bonchev–Trinajstić information content (AvgIpc) is 2.33. The summed E-state index contributed by atoms with van der Waals surface area (Å²) in [6.45, 7) is 4.41. The first-order valence-corrected chi connectivity index (χ1v) is 7.33. The maximum Gasteiger partial charge on any atom is 0.0856 e. The van der Waals surface area contributed by atoms with Gasteiger partial charge in [-0.25, -0.2) is 0 Å². The minimum Gasteiger partial charge on any atom is -0.376 e. The summed E-state index contributed by atoms with van der Waals surface area (Å²) in [6, 6.07) is 8.50. The molecule has 0 aliphatic carbocycles. The summed E-state index contributed by atoms with van der Waals surface area (Å²) in [5.41, 5.74) is 1.32. The van der Waals surface area contributed by atoms with Crippen LogP contribution in [-0.4, -0.2) is 7.11 Å². The normalized spacial score (nSPS) is 14.6. The third kappa shape index (κ3) is 4.59. The molecule has 0 aliphatic heterocycles. The summed E-state index contributed by atoms with van der Waals surface area (Å²) in [5, 5.41) is 0. The fourth-order valence-electron chi connectivity index (χ4n) is 2.17. The van der Waals surface area contributed by atoms with Crippen molar-refractivity contribution in [3.8, 4) is 0 Å². The lowest BCUT2D eigenvalue weighted by Crippen LogP contribution is -2.13. The van der Waals surface area contributed by atoms with Gasteiger partial charge in [0, 0.05) is 10.7 Å². The van der Waals surface area contributed by atoms with Gasteiger partial charge >= 0.3 is 0 Å². The lowest BCUT2D eigenvalue weighted by Gasteiger charge is -2.24. The molecule has 0 bridgehead atoms. The lowest BCUT2D eigenvalue weighted by atomic mass is 9.92. The smallest absolute Gasteiger partial charge is 0.0856 e. The fourth-order valence-corrected chi connectivity index (χ4v) is 2.86. The summed E-state index contributed by atoms with van der Waals surface area (Å²) in [6.07, 6.45) is 6.13. The fraction of sp³-hybridized carbons (Fsp3) is 0.533. The number of hydrogen-bond acceptors (Lipinski definition) is 1. The molecule has 1 aromatic rings. The van der Waals surface area contributed by atoms with Crippen LogP contribution in [-0.2, 0) is 4.74 Å². The molecule has 1 rings (SSSR count). The van der Waals surface area contributed by atoms with Gasteiger partial charge in [0.15, 0.2) is 0 Å². The molecule has 17 heavy (non-hydrogen) atoms. The molecular weight excluding hydrogens is 323 g/mol. The zero-order valence-corrected chi connectivity index (χ0v) is 13.1. The number of halogens is 1. The Kier molecular flexibility index (Phi) is 7.12. The topological polar surface area (TPSA) is 9.23 Å². The van der Waals surface area contributed by atoms with E-state index in [4.69, 9.17) is 4.74 Å². The monoisotopic (exact) mass is 345 g/mol. The first kappa shape index (κ1) is 15.0. The molecule has 2 heteroatoms. The molecule has 0 saturated heterocycles. The quantitative estimate of drug-likeness (QED) is 0.499. The van der Waals surface area contributed by atoms with E-state index >= 15 is 0 Å². The molecule has 0 N–H and O–H groups in total. The van der Waals surface area contributed by atoms with Gasteiger partial charge in [0.2, 0.25) is 0 Å². The van der Waals surface area contributed by atoms with E-state index in [2.05, 4.69) is 67.1 Å². The standard InChI is InChI=1S/C15H22IO/c1-4-5-6-9-12(2)15(17-3)13-10-7-8-11-14(13)16/h4,7-8,10-12,15H,5-6,9H2,1-3H3. The first-order valence-electron chi connectivity index (χ1n) is 6.25. The first-order chi connectivity index (χ1) is 8.20. The number of ether oxygens (including phenoxy) is 1. The summed E-state index contributed by atoms with van der Waals surface area (Å²) in [7, 11) is 1.82. The molecule has 0 heterocycles. The molecule has 95 valence electrons. The molecule has 0 aliphatic rings. The minimum absolute atomic E-state index is 0.222. The summed E-state index contributed by atoms with van der Waals surface area (Å²) in [5.74, 6) is 0.566. The number of hydrogen-bond donors (Lipinski definition) is 0. The van der Waals surface area contributed by atoms with Crippen molar-refractivity contribution in [3.63, 3.8) is 0 Å². The van der Waals surface area contributed by atoms with Crippen molar-refractivity contribution in [2.24, 2.45) is 5.92 Å².